The van der Waals surface area contributed by atoms with Gasteiger partial charge in [-0.05, 0) is 37.7 Å². The fourth-order valence-electron chi connectivity index (χ4n) is 3.10. The van der Waals surface area contributed by atoms with Crippen molar-refractivity contribution >= 4 is 0 Å². The first-order chi connectivity index (χ1) is 13.1. The molecule has 1 aromatic heterocycles. The molecule has 6 nitrogen and oxygen atoms in total. The lowest BCUT2D eigenvalue weighted by Crippen LogP contribution is -2.47. The van der Waals surface area contributed by atoms with Gasteiger partial charge in [-0.1, -0.05) is 61.2 Å². The van der Waals surface area contributed by atoms with Gasteiger partial charge in [0.1, 0.15) is 0 Å². The largest absolute Gasteiger partial charge is 0.394 e. The average Bonchev–Trinajstić information content (AvgIpc) is 3.17. The molecule has 0 radical (unpaired) electrons. The van der Waals surface area contributed by atoms with Crippen molar-refractivity contribution in [2.45, 2.75) is 69.9 Å². The Morgan fingerprint density at radius 3 is 2.26 bits per heavy atom. The average molecular weight is 375 g/mol. The summed E-state index contributed by atoms with van der Waals surface area (Å²) in [5, 5.41) is 26.7. The van der Waals surface area contributed by atoms with Crippen LogP contribution < -0.4 is 5.73 Å². The van der Waals surface area contributed by atoms with Gasteiger partial charge in [-0.25, -0.2) is 0 Å². The van der Waals surface area contributed by atoms with E-state index in [9.17, 15) is 10.2 Å². The molecule has 150 valence electrons. The van der Waals surface area contributed by atoms with E-state index in [1.54, 1.807) is 0 Å². The van der Waals surface area contributed by atoms with Gasteiger partial charge in [-0.3, -0.25) is 4.68 Å². The standard InChI is InChI=1S/C21H34N4O2/c22-21(17-26,18-27)14-13-20-16-25(24-23-20)15-9-4-2-1-3-6-10-19-11-7-5-8-12-19/h5,7-8,11-12,16,26-27H,1-4,6,9-10,13-15,17-18,22H2. The SMILES string of the molecule is NC(CO)(CO)CCc1cn(CCCCCCCCc2ccccc2)nn1. The van der Waals surface area contributed by atoms with E-state index in [0.29, 0.717) is 12.8 Å². The first-order valence-electron chi connectivity index (χ1n) is 10.1. The van der Waals surface area contributed by atoms with Crippen molar-refractivity contribution < 1.29 is 10.2 Å². The maximum absolute atomic E-state index is 9.22. The molecule has 4 N–H and O–H groups in total. The van der Waals surface area contributed by atoms with E-state index in [4.69, 9.17) is 5.73 Å². The zero-order valence-electron chi connectivity index (χ0n) is 16.3. The van der Waals surface area contributed by atoms with Crippen molar-refractivity contribution in [3.8, 4) is 0 Å². The number of aliphatic hydroxyl groups is 2. The second kappa shape index (κ2) is 11.8. The number of benzene rings is 1. The van der Waals surface area contributed by atoms with E-state index in [2.05, 4.69) is 40.6 Å². The van der Waals surface area contributed by atoms with E-state index < -0.39 is 5.54 Å². The molecule has 27 heavy (non-hydrogen) atoms. The van der Waals surface area contributed by atoms with E-state index in [-0.39, 0.29) is 13.2 Å². The minimum atomic E-state index is -0.940. The van der Waals surface area contributed by atoms with E-state index in [1.165, 1.54) is 44.1 Å². The molecule has 0 saturated carbocycles. The Kier molecular flexibility index (Phi) is 9.45. The fourth-order valence-corrected chi connectivity index (χ4v) is 3.10. The molecule has 6 heteroatoms. The molecule has 0 unspecified atom stereocenters. The summed E-state index contributed by atoms with van der Waals surface area (Å²) in [6.45, 7) is 0.413. The smallest absolute Gasteiger partial charge is 0.0827 e. The quantitative estimate of drug-likeness (QED) is 0.441. The molecule has 0 atom stereocenters. The van der Waals surface area contributed by atoms with Gasteiger partial charge in [-0.15, -0.1) is 5.10 Å². The van der Waals surface area contributed by atoms with Gasteiger partial charge in [0, 0.05) is 12.7 Å². The van der Waals surface area contributed by atoms with Crippen molar-refractivity contribution in [3.63, 3.8) is 0 Å². The maximum atomic E-state index is 9.22. The van der Waals surface area contributed by atoms with Crippen LogP contribution in [0.1, 0.15) is 56.2 Å². The van der Waals surface area contributed by atoms with Crippen LogP contribution in [0.25, 0.3) is 0 Å². The van der Waals surface area contributed by atoms with Gasteiger partial charge in [0.05, 0.1) is 24.4 Å². The van der Waals surface area contributed by atoms with Crippen LogP contribution in [0.15, 0.2) is 36.5 Å². The third kappa shape index (κ3) is 8.20. The van der Waals surface area contributed by atoms with Gasteiger partial charge in [-0.2, -0.15) is 0 Å². The number of nitrogens with two attached hydrogens (primary N) is 1. The number of rotatable bonds is 14. The lowest BCUT2D eigenvalue weighted by molar-refractivity contribution is 0.114. The predicted molar refractivity (Wildman–Crippen MR) is 107 cm³/mol. The second-order valence-electron chi connectivity index (χ2n) is 7.51. The Labute approximate surface area is 162 Å². The maximum Gasteiger partial charge on any atom is 0.0827 e. The fraction of sp³-hybridized carbons (Fsp3) is 0.619. The predicted octanol–water partition coefficient (Wildman–Crippen LogP) is 2.48. The summed E-state index contributed by atoms with van der Waals surface area (Å²) in [4.78, 5) is 0. The first kappa shape index (κ1) is 21.5. The van der Waals surface area contributed by atoms with Gasteiger partial charge in [0.15, 0.2) is 0 Å². The highest BCUT2D eigenvalue weighted by Gasteiger charge is 2.23. The van der Waals surface area contributed by atoms with Crippen LogP contribution in [0, 0.1) is 0 Å². The highest BCUT2D eigenvalue weighted by Crippen LogP contribution is 2.12. The number of aryl methyl sites for hydroxylation is 3. The van der Waals surface area contributed by atoms with Gasteiger partial charge in [0.25, 0.3) is 0 Å². The molecule has 0 fully saturated rings. The lowest BCUT2D eigenvalue weighted by Gasteiger charge is -2.23. The van der Waals surface area contributed by atoms with Crippen LogP contribution in [0.3, 0.4) is 0 Å². The highest BCUT2D eigenvalue weighted by molar-refractivity contribution is 5.14. The highest BCUT2D eigenvalue weighted by atomic mass is 16.3. The van der Waals surface area contributed by atoms with Crippen molar-refractivity contribution in [3.05, 3.63) is 47.8 Å². The minimum Gasteiger partial charge on any atom is -0.394 e. The minimum absolute atomic E-state index is 0.233. The molecular weight excluding hydrogens is 340 g/mol. The number of aromatic nitrogens is 3. The normalized spacial score (nSPS) is 11.8. The molecule has 0 aliphatic carbocycles. The molecule has 1 aromatic carbocycles. The molecule has 0 aliphatic heterocycles. The molecule has 0 bridgehead atoms. The summed E-state index contributed by atoms with van der Waals surface area (Å²) >= 11 is 0. The van der Waals surface area contributed by atoms with Gasteiger partial charge < -0.3 is 15.9 Å². The summed E-state index contributed by atoms with van der Waals surface area (Å²) < 4.78 is 1.88. The summed E-state index contributed by atoms with van der Waals surface area (Å²) in [6.07, 6.45) is 11.6. The number of nitrogens with zero attached hydrogens (tertiary/aromatic N) is 3. The zero-order chi connectivity index (χ0) is 19.4. The molecule has 0 amide bonds. The molecular formula is C21H34N4O2. The van der Waals surface area contributed by atoms with Crippen molar-refractivity contribution in [1.29, 1.82) is 0 Å². The molecule has 0 aliphatic rings. The molecule has 0 spiro atoms. The van der Waals surface area contributed by atoms with Crippen LogP contribution in [0.2, 0.25) is 0 Å². The summed E-state index contributed by atoms with van der Waals surface area (Å²) in [6, 6.07) is 10.7. The monoisotopic (exact) mass is 374 g/mol. The van der Waals surface area contributed by atoms with Crippen LogP contribution in [0.5, 0.6) is 0 Å². The second-order valence-corrected chi connectivity index (χ2v) is 7.51. The van der Waals surface area contributed by atoms with E-state index >= 15 is 0 Å². The number of hydrogen-bond acceptors (Lipinski definition) is 5. The Hall–Kier alpha value is -1.76. The zero-order valence-corrected chi connectivity index (χ0v) is 16.3. The van der Waals surface area contributed by atoms with Crippen LogP contribution in [-0.4, -0.2) is 44.0 Å². The van der Waals surface area contributed by atoms with E-state index in [0.717, 1.165) is 18.7 Å². The third-order valence-electron chi connectivity index (χ3n) is 5.04. The van der Waals surface area contributed by atoms with Crippen molar-refractivity contribution in [1.82, 2.24) is 15.0 Å². The molecule has 2 rings (SSSR count). The summed E-state index contributed by atoms with van der Waals surface area (Å²) in [7, 11) is 0. The van der Waals surface area contributed by atoms with Crippen molar-refractivity contribution in [2.75, 3.05) is 13.2 Å². The summed E-state index contributed by atoms with van der Waals surface area (Å²) in [5.74, 6) is 0. The lowest BCUT2D eigenvalue weighted by atomic mass is 9.96. The Balaban J connectivity index is 1.51. The van der Waals surface area contributed by atoms with Gasteiger partial charge in [0.2, 0.25) is 0 Å². The van der Waals surface area contributed by atoms with Crippen molar-refractivity contribution in [2.24, 2.45) is 5.73 Å². The third-order valence-corrected chi connectivity index (χ3v) is 5.04. The van der Waals surface area contributed by atoms with E-state index in [1.807, 2.05) is 10.9 Å². The topological polar surface area (TPSA) is 97.2 Å². The number of aliphatic hydroxyl groups excluding tert-OH is 2. The van der Waals surface area contributed by atoms with Crippen LogP contribution in [0.4, 0.5) is 0 Å². The summed E-state index contributed by atoms with van der Waals surface area (Å²) in [5.41, 5.74) is 7.23. The van der Waals surface area contributed by atoms with Gasteiger partial charge >= 0.3 is 0 Å². The molecule has 1 heterocycles. The molecule has 0 saturated heterocycles. The Morgan fingerprint density at radius 2 is 1.56 bits per heavy atom. The van der Waals surface area contributed by atoms with Crippen LogP contribution >= 0.6 is 0 Å². The first-order valence-corrected chi connectivity index (χ1v) is 10.1. The Morgan fingerprint density at radius 1 is 0.889 bits per heavy atom. The number of unbranched alkanes of at least 4 members (excludes halogenated alkanes) is 5. The number of hydrogen-bond donors (Lipinski definition) is 3. The Bertz CT molecular complexity index is 626. The molecule has 2 aromatic rings. The van der Waals surface area contributed by atoms with Crippen LogP contribution in [-0.2, 0) is 19.4 Å².